The number of carbonyl (C=O) groups is 3. The summed E-state index contributed by atoms with van der Waals surface area (Å²) in [5.41, 5.74) is 3.99. The number of hydrogen-bond acceptors (Lipinski definition) is 3. The third kappa shape index (κ3) is 3.44. The number of hydrogen-bond donors (Lipinski definition) is 3. The first kappa shape index (κ1) is 18.7. The van der Waals surface area contributed by atoms with Gasteiger partial charge < -0.3 is 15.6 Å². The lowest BCUT2D eigenvalue weighted by molar-refractivity contribution is -0.110. The van der Waals surface area contributed by atoms with E-state index >= 15 is 0 Å². The highest BCUT2D eigenvalue weighted by molar-refractivity contribution is 6.35. The van der Waals surface area contributed by atoms with Gasteiger partial charge >= 0.3 is 12.1 Å². The van der Waals surface area contributed by atoms with Gasteiger partial charge in [-0.25, -0.2) is 14.5 Å². The zero-order chi connectivity index (χ0) is 21.4. The molecule has 5 rings (SSSR count). The van der Waals surface area contributed by atoms with Crippen LogP contribution in [0, 0.1) is 0 Å². The fraction of sp³-hybridized carbons (Fsp3) is 0.0870. The summed E-state index contributed by atoms with van der Waals surface area (Å²) in [7, 11) is 0. The molecule has 1 saturated heterocycles. The Labute approximate surface area is 178 Å². The number of para-hydroxylation sites is 1. The van der Waals surface area contributed by atoms with Crippen molar-refractivity contribution in [2.24, 2.45) is 0 Å². The van der Waals surface area contributed by atoms with Crippen LogP contribution in [0.25, 0.3) is 11.6 Å². The molecule has 2 aliphatic heterocycles. The molecule has 31 heavy (non-hydrogen) atoms. The van der Waals surface area contributed by atoms with Crippen LogP contribution in [-0.4, -0.2) is 40.9 Å². The van der Waals surface area contributed by atoms with Crippen LogP contribution in [0.2, 0.25) is 0 Å². The molecule has 0 radical (unpaired) electrons. The molecule has 8 nitrogen and oxygen atoms in total. The maximum Gasteiger partial charge on any atom is 0.332 e. The fourth-order valence-electron chi connectivity index (χ4n) is 3.77. The number of H-pyrrole nitrogens is 1. The van der Waals surface area contributed by atoms with E-state index in [1.165, 1.54) is 4.90 Å². The molecule has 8 heteroatoms. The van der Waals surface area contributed by atoms with Crippen LogP contribution in [0.4, 0.5) is 26.7 Å². The van der Waals surface area contributed by atoms with Crippen LogP contribution in [-0.2, 0) is 4.79 Å². The summed E-state index contributed by atoms with van der Waals surface area (Å²) >= 11 is 0. The predicted octanol–water partition coefficient (Wildman–Crippen LogP) is 3.98. The van der Waals surface area contributed by atoms with E-state index in [-0.39, 0.29) is 11.9 Å². The quantitative estimate of drug-likeness (QED) is 0.567. The Morgan fingerprint density at radius 3 is 2.61 bits per heavy atom. The molecule has 154 valence electrons. The van der Waals surface area contributed by atoms with Crippen molar-refractivity contribution in [3.05, 3.63) is 78.1 Å². The summed E-state index contributed by atoms with van der Waals surface area (Å²) in [6.45, 7) is 0.730. The molecule has 0 spiro atoms. The highest BCUT2D eigenvalue weighted by Gasteiger charge is 2.34. The molecule has 0 unspecified atom stereocenters. The maximum absolute atomic E-state index is 12.7. The second-order valence-electron chi connectivity index (χ2n) is 7.25. The predicted molar refractivity (Wildman–Crippen MR) is 119 cm³/mol. The number of carbonyl (C=O) groups excluding carboxylic acids is 3. The third-order valence-corrected chi connectivity index (χ3v) is 5.30. The van der Waals surface area contributed by atoms with E-state index < -0.39 is 6.03 Å². The van der Waals surface area contributed by atoms with E-state index in [2.05, 4.69) is 15.6 Å². The molecule has 3 N–H and O–H groups in total. The lowest BCUT2D eigenvalue weighted by Crippen LogP contribution is -2.39. The molecule has 3 heterocycles. The van der Waals surface area contributed by atoms with E-state index in [1.54, 1.807) is 35.4 Å². The fourth-order valence-corrected chi connectivity index (χ4v) is 3.77. The summed E-state index contributed by atoms with van der Waals surface area (Å²) in [5, 5.41) is 5.57. The molecule has 0 saturated carbocycles. The lowest BCUT2D eigenvalue weighted by Gasteiger charge is -2.18. The molecule has 3 aromatic rings. The van der Waals surface area contributed by atoms with Gasteiger partial charge in [0.2, 0.25) is 0 Å². The van der Waals surface area contributed by atoms with Crippen LogP contribution >= 0.6 is 0 Å². The number of anilines is 3. The largest absolute Gasteiger partial charge is 0.362 e. The van der Waals surface area contributed by atoms with Gasteiger partial charge in [-0.2, -0.15) is 0 Å². The monoisotopic (exact) mass is 413 g/mol. The topological polar surface area (TPSA) is 97.5 Å². The van der Waals surface area contributed by atoms with Gasteiger partial charge in [0, 0.05) is 35.4 Å². The van der Waals surface area contributed by atoms with Crippen LogP contribution in [0.5, 0.6) is 0 Å². The highest BCUT2D eigenvalue weighted by Crippen LogP contribution is 2.35. The second-order valence-corrected chi connectivity index (χ2v) is 7.25. The van der Waals surface area contributed by atoms with Crippen molar-refractivity contribution >= 4 is 46.7 Å². The van der Waals surface area contributed by atoms with Gasteiger partial charge in [-0.05, 0) is 42.5 Å². The molecule has 1 fully saturated rings. The Bertz CT molecular complexity index is 1200. The Kier molecular flexibility index (Phi) is 4.51. The van der Waals surface area contributed by atoms with E-state index in [0.29, 0.717) is 30.0 Å². The Hall–Kier alpha value is -4.33. The summed E-state index contributed by atoms with van der Waals surface area (Å²) in [4.78, 5) is 43.6. The number of amides is 5. The van der Waals surface area contributed by atoms with Crippen LogP contribution in [0.3, 0.4) is 0 Å². The summed E-state index contributed by atoms with van der Waals surface area (Å²) in [5.74, 6) is -0.207. The highest BCUT2D eigenvalue weighted by atomic mass is 16.2. The summed E-state index contributed by atoms with van der Waals surface area (Å²) < 4.78 is 0. The van der Waals surface area contributed by atoms with Crippen molar-refractivity contribution in [3.8, 4) is 0 Å². The SMILES string of the molecule is O=C1Nc2cc(NC(=O)N3CCN(c4ccccc4)C3=O)ccc2/C1=C/c1ccc[nH]1. The van der Waals surface area contributed by atoms with Crippen LogP contribution < -0.4 is 15.5 Å². The van der Waals surface area contributed by atoms with Gasteiger partial charge in [0.1, 0.15) is 0 Å². The van der Waals surface area contributed by atoms with Crippen LogP contribution in [0.1, 0.15) is 11.3 Å². The number of aromatic nitrogens is 1. The van der Waals surface area contributed by atoms with Crippen molar-refractivity contribution in [3.63, 3.8) is 0 Å². The molecule has 0 aliphatic carbocycles. The molecule has 0 atom stereocenters. The number of benzene rings is 2. The van der Waals surface area contributed by atoms with E-state index in [1.807, 2.05) is 42.5 Å². The number of rotatable bonds is 3. The van der Waals surface area contributed by atoms with Crippen molar-refractivity contribution in [2.45, 2.75) is 0 Å². The van der Waals surface area contributed by atoms with Gasteiger partial charge in [0.15, 0.2) is 0 Å². The molecular formula is C23H19N5O3. The second kappa shape index (κ2) is 7.49. The standard InChI is InChI=1S/C23H19N5O3/c29-21-19(13-15-5-4-10-24-15)18-9-8-16(14-20(18)26-21)25-22(30)28-12-11-27(23(28)31)17-6-2-1-3-7-17/h1-10,13-14,24H,11-12H2,(H,25,30)(H,26,29)/b19-13-. The average Bonchev–Trinajstić information content (AvgIpc) is 3.49. The zero-order valence-electron chi connectivity index (χ0n) is 16.5. The summed E-state index contributed by atoms with van der Waals surface area (Å²) in [6.07, 6.45) is 3.57. The third-order valence-electron chi connectivity index (χ3n) is 5.30. The van der Waals surface area contributed by atoms with Gasteiger partial charge in [-0.1, -0.05) is 24.3 Å². The van der Waals surface area contributed by atoms with Crippen LogP contribution in [0.15, 0.2) is 66.9 Å². The molecule has 2 aliphatic rings. The molecular weight excluding hydrogens is 394 g/mol. The molecule has 0 bridgehead atoms. The van der Waals surface area contributed by atoms with Gasteiger partial charge in [-0.3, -0.25) is 9.69 Å². The average molecular weight is 413 g/mol. The Morgan fingerprint density at radius 2 is 1.84 bits per heavy atom. The minimum Gasteiger partial charge on any atom is -0.362 e. The van der Waals surface area contributed by atoms with Gasteiger partial charge in [0.25, 0.3) is 5.91 Å². The number of urea groups is 2. The molecule has 5 amide bonds. The minimum absolute atomic E-state index is 0.207. The maximum atomic E-state index is 12.7. The zero-order valence-corrected chi connectivity index (χ0v) is 16.5. The number of nitrogens with one attached hydrogen (secondary N) is 3. The number of imide groups is 1. The number of nitrogens with zero attached hydrogens (tertiary/aromatic N) is 2. The van der Waals surface area contributed by atoms with Crippen molar-refractivity contribution < 1.29 is 14.4 Å². The van der Waals surface area contributed by atoms with Crippen molar-refractivity contribution in [1.29, 1.82) is 0 Å². The van der Waals surface area contributed by atoms with Crippen molar-refractivity contribution in [2.75, 3.05) is 28.6 Å². The van der Waals surface area contributed by atoms with Gasteiger partial charge in [-0.15, -0.1) is 0 Å². The first-order valence-corrected chi connectivity index (χ1v) is 9.86. The van der Waals surface area contributed by atoms with E-state index in [4.69, 9.17) is 0 Å². The van der Waals surface area contributed by atoms with E-state index in [9.17, 15) is 14.4 Å². The number of aromatic amines is 1. The molecule has 1 aromatic heterocycles. The lowest BCUT2D eigenvalue weighted by atomic mass is 10.1. The van der Waals surface area contributed by atoms with E-state index in [0.717, 1.165) is 16.9 Å². The minimum atomic E-state index is -0.505. The first-order valence-electron chi connectivity index (χ1n) is 9.86. The number of fused-ring (bicyclic) bond motifs is 1. The Balaban J connectivity index is 1.32. The first-order chi connectivity index (χ1) is 15.1. The smallest absolute Gasteiger partial charge is 0.332 e. The van der Waals surface area contributed by atoms with Crippen molar-refractivity contribution in [1.82, 2.24) is 9.88 Å². The Morgan fingerprint density at radius 1 is 1.00 bits per heavy atom. The summed E-state index contributed by atoms with van der Waals surface area (Å²) in [6, 6.07) is 17.3. The normalized spacial score (nSPS) is 16.6. The van der Waals surface area contributed by atoms with Gasteiger partial charge in [0.05, 0.1) is 17.8 Å². The molecule has 2 aromatic carbocycles.